The van der Waals surface area contributed by atoms with Crippen LogP contribution in [-0.2, 0) is 9.59 Å². The first-order valence-corrected chi connectivity index (χ1v) is 6.87. The highest BCUT2D eigenvalue weighted by molar-refractivity contribution is 6.30. The average molecular weight is 313 g/mol. The molecule has 2 aromatic carbocycles. The highest BCUT2D eigenvalue weighted by Crippen LogP contribution is 2.21. The second-order valence-corrected chi connectivity index (χ2v) is 4.86. The molecule has 0 heterocycles. The predicted octanol–water partition coefficient (Wildman–Crippen LogP) is 4.17. The number of hydrogen-bond donors (Lipinski definition) is 0. The first kappa shape index (κ1) is 15.7. The van der Waals surface area contributed by atoms with E-state index >= 15 is 0 Å². The zero-order valence-corrected chi connectivity index (χ0v) is 12.4. The van der Waals surface area contributed by atoms with Crippen LogP contribution in [0.1, 0.15) is 11.1 Å². The van der Waals surface area contributed by atoms with Crippen molar-refractivity contribution in [1.82, 2.24) is 0 Å². The Labute approximate surface area is 133 Å². The molecule has 4 heteroatoms. The summed E-state index contributed by atoms with van der Waals surface area (Å²) in [7, 11) is 0. The van der Waals surface area contributed by atoms with Gasteiger partial charge in [0, 0.05) is 16.7 Å². The van der Waals surface area contributed by atoms with E-state index in [0.717, 1.165) is 17.9 Å². The molecule has 2 aromatic rings. The van der Waals surface area contributed by atoms with Gasteiger partial charge in [-0.25, -0.2) is 4.79 Å². The number of hydrogen-bond acceptors (Lipinski definition) is 3. The third-order valence-electron chi connectivity index (χ3n) is 2.87. The molecular formula is C18H13ClO3. The van der Waals surface area contributed by atoms with Crippen LogP contribution in [0.5, 0.6) is 5.75 Å². The van der Waals surface area contributed by atoms with Crippen LogP contribution in [0.25, 0.3) is 11.6 Å². The molecule has 0 saturated carbocycles. The summed E-state index contributed by atoms with van der Waals surface area (Å²) in [5.74, 6) is -0.139. The Hall–Kier alpha value is -2.65. The first-order valence-electron chi connectivity index (χ1n) is 6.49. The van der Waals surface area contributed by atoms with Crippen molar-refractivity contribution in [3.05, 3.63) is 77.3 Å². The van der Waals surface area contributed by atoms with Gasteiger partial charge in [0.25, 0.3) is 0 Å². The number of halogens is 1. The lowest BCUT2D eigenvalue weighted by molar-refractivity contribution is -0.128. The molecule has 110 valence electrons. The molecule has 2 rings (SSSR count). The fourth-order valence-electron chi connectivity index (χ4n) is 1.83. The maximum atomic E-state index is 11.3. The monoisotopic (exact) mass is 312 g/mol. The minimum absolute atomic E-state index is 0.390. The van der Waals surface area contributed by atoms with Crippen LogP contribution in [0.15, 0.2) is 61.2 Å². The van der Waals surface area contributed by atoms with Gasteiger partial charge in [0.1, 0.15) is 5.75 Å². The largest absolute Gasteiger partial charge is 0.423 e. The quantitative estimate of drug-likeness (QED) is 0.273. The summed E-state index contributed by atoms with van der Waals surface area (Å²) >= 11 is 5.93. The molecule has 0 N–H and O–H groups in total. The van der Waals surface area contributed by atoms with Crippen molar-refractivity contribution in [2.75, 3.05) is 0 Å². The number of aldehydes is 1. The summed E-state index contributed by atoms with van der Waals surface area (Å²) in [5, 5.41) is 0.602. The van der Waals surface area contributed by atoms with Crippen LogP contribution in [0.3, 0.4) is 0 Å². The van der Waals surface area contributed by atoms with Gasteiger partial charge in [-0.05, 0) is 41.5 Å². The second kappa shape index (κ2) is 7.38. The molecule has 3 nitrogen and oxygen atoms in total. The van der Waals surface area contributed by atoms with Crippen LogP contribution in [0.2, 0.25) is 5.02 Å². The van der Waals surface area contributed by atoms with Crippen molar-refractivity contribution in [3.8, 4) is 5.75 Å². The standard InChI is InChI=1S/C18H13ClO3/c1-2-18(21)22-17-8-6-14(7-9-17)15(12-20)10-13-4-3-5-16(19)11-13/h2-12H,1H2. The van der Waals surface area contributed by atoms with Gasteiger partial charge in [0.2, 0.25) is 0 Å². The molecule has 0 spiro atoms. The lowest BCUT2D eigenvalue weighted by Gasteiger charge is -2.04. The summed E-state index contributed by atoms with van der Waals surface area (Å²) in [6.07, 6.45) is 3.60. The average Bonchev–Trinajstić information content (AvgIpc) is 2.53. The molecule has 0 aliphatic carbocycles. The van der Waals surface area contributed by atoms with Gasteiger partial charge in [0.05, 0.1) is 0 Å². The Kier molecular flexibility index (Phi) is 5.28. The fourth-order valence-corrected chi connectivity index (χ4v) is 2.03. The van der Waals surface area contributed by atoms with Crippen molar-refractivity contribution < 1.29 is 14.3 Å². The van der Waals surface area contributed by atoms with E-state index in [-0.39, 0.29) is 0 Å². The molecule has 0 amide bonds. The Morgan fingerprint density at radius 1 is 1.14 bits per heavy atom. The topological polar surface area (TPSA) is 43.4 Å². The lowest BCUT2D eigenvalue weighted by Crippen LogP contribution is -2.02. The van der Waals surface area contributed by atoms with E-state index < -0.39 is 5.97 Å². The summed E-state index contributed by atoms with van der Waals surface area (Å²) in [4.78, 5) is 22.4. The van der Waals surface area contributed by atoms with E-state index in [1.807, 2.05) is 12.1 Å². The van der Waals surface area contributed by atoms with Crippen LogP contribution in [0, 0.1) is 0 Å². The van der Waals surface area contributed by atoms with Gasteiger partial charge in [-0.2, -0.15) is 0 Å². The van der Waals surface area contributed by atoms with Gasteiger partial charge in [-0.1, -0.05) is 42.4 Å². The number of allylic oxidation sites excluding steroid dienone is 1. The molecule has 0 saturated heterocycles. The molecule has 0 bridgehead atoms. The minimum atomic E-state index is -0.530. The smallest absolute Gasteiger partial charge is 0.335 e. The molecule has 0 aliphatic heterocycles. The zero-order chi connectivity index (χ0) is 15.9. The summed E-state index contributed by atoms with van der Waals surface area (Å²) in [5.41, 5.74) is 2.05. The maximum Gasteiger partial charge on any atom is 0.335 e. The van der Waals surface area contributed by atoms with Gasteiger partial charge in [-0.3, -0.25) is 4.79 Å². The van der Waals surface area contributed by atoms with E-state index in [1.165, 1.54) is 0 Å². The number of esters is 1. The SMILES string of the molecule is C=CC(=O)Oc1ccc(C(C=O)=Cc2cccc(Cl)c2)cc1. The number of rotatable bonds is 5. The number of benzene rings is 2. The normalized spacial score (nSPS) is 10.9. The summed E-state index contributed by atoms with van der Waals surface area (Å²) < 4.78 is 4.98. The number of carbonyl (C=O) groups is 2. The van der Waals surface area contributed by atoms with E-state index in [4.69, 9.17) is 16.3 Å². The lowest BCUT2D eigenvalue weighted by atomic mass is 10.0. The molecule has 22 heavy (non-hydrogen) atoms. The summed E-state index contributed by atoms with van der Waals surface area (Å²) in [6.45, 7) is 3.33. The third kappa shape index (κ3) is 4.17. The Morgan fingerprint density at radius 2 is 1.86 bits per heavy atom. The molecule has 0 fully saturated rings. The van der Waals surface area contributed by atoms with Crippen LogP contribution < -0.4 is 4.74 Å². The molecule has 0 aliphatic rings. The Balaban J connectivity index is 2.26. The molecule has 0 unspecified atom stereocenters. The molecule has 0 atom stereocenters. The van der Waals surface area contributed by atoms with Crippen LogP contribution in [0.4, 0.5) is 0 Å². The van der Waals surface area contributed by atoms with Crippen molar-refractivity contribution in [3.63, 3.8) is 0 Å². The Bertz CT molecular complexity index is 730. The van der Waals surface area contributed by atoms with Crippen LogP contribution in [-0.4, -0.2) is 12.3 Å². The van der Waals surface area contributed by atoms with Crippen molar-refractivity contribution in [2.24, 2.45) is 0 Å². The summed E-state index contributed by atoms with van der Waals surface area (Å²) in [6, 6.07) is 13.8. The second-order valence-electron chi connectivity index (χ2n) is 4.42. The van der Waals surface area contributed by atoms with Gasteiger partial charge >= 0.3 is 5.97 Å². The first-order chi connectivity index (χ1) is 10.6. The van der Waals surface area contributed by atoms with Crippen molar-refractivity contribution in [1.29, 1.82) is 0 Å². The van der Waals surface area contributed by atoms with E-state index in [1.54, 1.807) is 42.5 Å². The predicted molar refractivity (Wildman–Crippen MR) is 87.7 cm³/mol. The highest BCUT2D eigenvalue weighted by atomic mass is 35.5. The number of ether oxygens (including phenoxy) is 1. The minimum Gasteiger partial charge on any atom is -0.423 e. The zero-order valence-electron chi connectivity index (χ0n) is 11.7. The third-order valence-corrected chi connectivity index (χ3v) is 3.11. The maximum absolute atomic E-state index is 11.3. The van der Waals surface area contributed by atoms with Crippen LogP contribution >= 0.6 is 11.6 Å². The van der Waals surface area contributed by atoms with Gasteiger partial charge in [0.15, 0.2) is 6.29 Å². The van der Waals surface area contributed by atoms with E-state index in [0.29, 0.717) is 21.9 Å². The van der Waals surface area contributed by atoms with E-state index in [2.05, 4.69) is 6.58 Å². The highest BCUT2D eigenvalue weighted by Gasteiger charge is 2.04. The van der Waals surface area contributed by atoms with Gasteiger partial charge < -0.3 is 4.74 Å². The molecule has 0 aromatic heterocycles. The van der Waals surface area contributed by atoms with Crippen molar-refractivity contribution in [2.45, 2.75) is 0 Å². The van der Waals surface area contributed by atoms with Gasteiger partial charge in [-0.15, -0.1) is 0 Å². The van der Waals surface area contributed by atoms with Crippen molar-refractivity contribution >= 4 is 35.5 Å². The molecule has 0 radical (unpaired) electrons. The molecular weight excluding hydrogens is 300 g/mol. The number of carbonyl (C=O) groups excluding carboxylic acids is 2. The fraction of sp³-hybridized carbons (Fsp3) is 0. The van der Waals surface area contributed by atoms with E-state index in [9.17, 15) is 9.59 Å². The Morgan fingerprint density at radius 3 is 2.45 bits per heavy atom.